The van der Waals surface area contributed by atoms with Crippen LogP contribution in [0, 0.1) is 6.92 Å². The Bertz CT molecular complexity index is 1380. The van der Waals surface area contributed by atoms with Crippen LogP contribution in [-0.2, 0) is 6.54 Å². The SMILES string of the molecule is Cc1cccc(C(C)C)c1N1COc2c(Cl)cc3c(-c4ccccc4)cc(=O)oc3c2C1. The van der Waals surface area contributed by atoms with Gasteiger partial charge in [0.25, 0.3) is 0 Å². The number of fused-ring (bicyclic) bond motifs is 3. The Hall–Kier alpha value is -3.24. The molecule has 5 heteroatoms. The molecule has 32 heavy (non-hydrogen) atoms. The zero-order valence-electron chi connectivity index (χ0n) is 18.3. The number of hydrogen-bond acceptors (Lipinski definition) is 4. The summed E-state index contributed by atoms with van der Waals surface area (Å²) in [6.07, 6.45) is 0. The van der Waals surface area contributed by atoms with Gasteiger partial charge in [-0.25, -0.2) is 4.79 Å². The monoisotopic (exact) mass is 445 g/mol. The predicted molar refractivity (Wildman–Crippen MR) is 130 cm³/mol. The highest BCUT2D eigenvalue weighted by atomic mass is 35.5. The number of anilines is 1. The Labute approximate surface area is 192 Å². The van der Waals surface area contributed by atoms with Gasteiger partial charge in [0.15, 0.2) is 6.73 Å². The summed E-state index contributed by atoms with van der Waals surface area (Å²) in [7, 11) is 0. The predicted octanol–water partition coefficient (Wildman–Crippen LogP) is 6.90. The number of rotatable bonds is 3. The summed E-state index contributed by atoms with van der Waals surface area (Å²) in [4.78, 5) is 14.7. The summed E-state index contributed by atoms with van der Waals surface area (Å²) in [5.41, 5.74) is 6.27. The highest BCUT2D eigenvalue weighted by molar-refractivity contribution is 6.33. The molecule has 0 radical (unpaired) electrons. The number of halogens is 1. The summed E-state index contributed by atoms with van der Waals surface area (Å²) >= 11 is 6.66. The first-order valence-corrected chi connectivity index (χ1v) is 11.1. The Balaban J connectivity index is 1.71. The third-order valence-corrected chi connectivity index (χ3v) is 6.32. The lowest BCUT2D eigenvalue weighted by molar-refractivity contribution is 0.288. The highest BCUT2D eigenvalue weighted by Crippen LogP contribution is 2.43. The topological polar surface area (TPSA) is 42.7 Å². The maximum atomic E-state index is 12.5. The minimum Gasteiger partial charge on any atom is -0.471 e. The molecule has 0 fully saturated rings. The first kappa shape index (κ1) is 20.7. The molecule has 4 aromatic rings. The van der Waals surface area contributed by atoms with E-state index in [0.717, 1.165) is 27.8 Å². The molecule has 0 saturated carbocycles. The van der Waals surface area contributed by atoms with Gasteiger partial charge in [-0.1, -0.05) is 74.0 Å². The minimum absolute atomic E-state index is 0.366. The number of aryl methyl sites for hydroxylation is 1. The van der Waals surface area contributed by atoms with Crippen molar-refractivity contribution in [3.63, 3.8) is 0 Å². The van der Waals surface area contributed by atoms with Crippen molar-refractivity contribution in [1.82, 2.24) is 0 Å². The van der Waals surface area contributed by atoms with Crippen molar-refractivity contribution in [2.24, 2.45) is 0 Å². The van der Waals surface area contributed by atoms with Gasteiger partial charge in [0, 0.05) is 17.1 Å². The number of ether oxygens (including phenoxy) is 1. The average Bonchev–Trinajstić information content (AvgIpc) is 2.79. The Morgan fingerprint density at radius 3 is 2.56 bits per heavy atom. The normalized spacial score (nSPS) is 13.3. The smallest absolute Gasteiger partial charge is 0.336 e. The summed E-state index contributed by atoms with van der Waals surface area (Å²) in [6, 6.07) is 19.5. The second kappa shape index (κ2) is 8.03. The summed E-state index contributed by atoms with van der Waals surface area (Å²) in [5, 5.41) is 1.32. The minimum atomic E-state index is -0.392. The van der Waals surface area contributed by atoms with E-state index in [1.807, 2.05) is 36.4 Å². The van der Waals surface area contributed by atoms with Crippen molar-refractivity contribution < 1.29 is 9.15 Å². The number of benzene rings is 3. The van der Waals surface area contributed by atoms with Crippen LogP contribution < -0.4 is 15.3 Å². The van der Waals surface area contributed by atoms with Crippen LogP contribution in [0.4, 0.5) is 5.69 Å². The molecule has 162 valence electrons. The molecular weight excluding hydrogens is 422 g/mol. The lowest BCUT2D eigenvalue weighted by Crippen LogP contribution is -2.33. The van der Waals surface area contributed by atoms with E-state index < -0.39 is 5.63 Å². The van der Waals surface area contributed by atoms with Crippen LogP contribution in [0.25, 0.3) is 22.1 Å². The quantitative estimate of drug-likeness (QED) is 0.321. The molecule has 3 aromatic carbocycles. The second-order valence-electron chi connectivity index (χ2n) is 8.53. The third-order valence-electron chi connectivity index (χ3n) is 6.04. The summed E-state index contributed by atoms with van der Waals surface area (Å²) < 4.78 is 11.9. The Kier molecular flexibility index (Phi) is 5.18. The van der Waals surface area contributed by atoms with Crippen LogP contribution in [0.5, 0.6) is 5.75 Å². The van der Waals surface area contributed by atoms with Crippen LogP contribution in [-0.4, -0.2) is 6.73 Å². The third kappa shape index (κ3) is 3.45. The lowest BCUT2D eigenvalue weighted by Gasteiger charge is -2.34. The highest BCUT2D eigenvalue weighted by Gasteiger charge is 2.28. The molecule has 0 bridgehead atoms. The van der Waals surface area contributed by atoms with Gasteiger partial charge < -0.3 is 14.1 Å². The van der Waals surface area contributed by atoms with Gasteiger partial charge in [0.05, 0.1) is 17.1 Å². The standard InChI is InChI=1S/C27H24ClNO3/c1-16(2)19-11-7-8-17(3)25(19)29-14-22-26-21(12-23(28)27(22)31-15-29)20(13-24(30)32-26)18-9-5-4-6-10-18/h4-13,16H,14-15H2,1-3H3. The van der Waals surface area contributed by atoms with Crippen LogP contribution in [0.15, 0.2) is 69.9 Å². The van der Waals surface area contributed by atoms with Crippen molar-refractivity contribution >= 4 is 28.3 Å². The van der Waals surface area contributed by atoms with Gasteiger partial charge in [0.1, 0.15) is 11.3 Å². The fraction of sp³-hybridized carbons (Fsp3) is 0.222. The number of hydrogen-bond donors (Lipinski definition) is 0. The van der Waals surface area contributed by atoms with Gasteiger partial charge >= 0.3 is 5.63 Å². The average molecular weight is 446 g/mol. The first-order valence-electron chi connectivity index (χ1n) is 10.8. The molecule has 0 spiro atoms. The molecule has 0 unspecified atom stereocenters. The van der Waals surface area contributed by atoms with E-state index in [0.29, 0.717) is 35.5 Å². The zero-order valence-corrected chi connectivity index (χ0v) is 19.1. The van der Waals surface area contributed by atoms with Crippen molar-refractivity contribution in [2.45, 2.75) is 33.2 Å². The van der Waals surface area contributed by atoms with Crippen LogP contribution in [0.3, 0.4) is 0 Å². The van der Waals surface area contributed by atoms with Crippen LogP contribution in [0.1, 0.15) is 36.5 Å². The molecule has 1 aliphatic rings. The maximum Gasteiger partial charge on any atom is 0.336 e. The number of nitrogens with zero attached hydrogens (tertiary/aromatic N) is 1. The van der Waals surface area contributed by atoms with E-state index >= 15 is 0 Å². The fourth-order valence-corrected chi connectivity index (χ4v) is 4.85. The molecule has 0 N–H and O–H groups in total. The summed E-state index contributed by atoms with van der Waals surface area (Å²) in [6.45, 7) is 7.41. The van der Waals surface area contributed by atoms with Gasteiger partial charge in [-0.3, -0.25) is 0 Å². The molecule has 1 aliphatic heterocycles. The van der Waals surface area contributed by atoms with Gasteiger partial charge in [0.2, 0.25) is 0 Å². The maximum absolute atomic E-state index is 12.5. The molecular formula is C27H24ClNO3. The molecule has 5 rings (SSSR count). The Morgan fingerprint density at radius 1 is 1.03 bits per heavy atom. The molecule has 0 amide bonds. The largest absolute Gasteiger partial charge is 0.471 e. The van der Waals surface area contributed by atoms with Crippen molar-refractivity contribution in [2.75, 3.05) is 11.6 Å². The summed E-state index contributed by atoms with van der Waals surface area (Å²) in [5.74, 6) is 0.952. The van der Waals surface area contributed by atoms with Gasteiger partial charge in [-0.05, 0) is 41.2 Å². The van der Waals surface area contributed by atoms with Crippen molar-refractivity contribution in [3.8, 4) is 16.9 Å². The Morgan fingerprint density at radius 2 is 1.81 bits per heavy atom. The van der Waals surface area contributed by atoms with Crippen molar-refractivity contribution in [3.05, 3.63) is 92.8 Å². The number of para-hydroxylation sites is 1. The van der Waals surface area contributed by atoms with Gasteiger partial charge in [-0.2, -0.15) is 0 Å². The van der Waals surface area contributed by atoms with E-state index in [1.165, 1.54) is 17.2 Å². The molecule has 0 saturated heterocycles. The molecule has 4 nitrogen and oxygen atoms in total. The molecule has 0 atom stereocenters. The van der Waals surface area contributed by atoms with Crippen molar-refractivity contribution in [1.29, 1.82) is 0 Å². The lowest BCUT2D eigenvalue weighted by atomic mass is 9.96. The fourth-order valence-electron chi connectivity index (χ4n) is 4.57. The second-order valence-corrected chi connectivity index (χ2v) is 8.93. The van der Waals surface area contributed by atoms with E-state index in [2.05, 4.69) is 43.9 Å². The van der Waals surface area contributed by atoms with E-state index in [9.17, 15) is 4.79 Å². The van der Waals surface area contributed by atoms with Crippen LogP contribution >= 0.6 is 11.6 Å². The molecule has 2 heterocycles. The van der Waals surface area contributed by atoms with E-state index in [1.54, 1.807) is 0 Å². The van der Waals surface area contributed by atoms with E-state index in [-0.39, 0.29) is 0 Å². The molecule has 0 aliphatic carbocycles. The van der Waals surface area contributed by atoms with Crippen LogP contribution in [0.2, 0.25) is 5.02 Å². The van der Waals surface area contributed by atoms with Gasteiger partial charge in [-0.15, -0.1) is 0 Å². The zero-order chi connectivity index (χ0) is 22.4. The molecule has 1 aromatic heterocycles. The van der Waals surface area contributed by atoms with E-state index in [4.69, 9.17) is 20.8 Å². The first-order chi connectivity index (χ1) is 15.4.